The van der Waals surface area contributed by atoms with Gasteiger partial charge in [-0.05, 0) is 24.3 Å². The summed E-state index contributed by atoms with van der Waals surface area (Å²) in [5.41, 5.74) is 1.76. The average molecular weight is 488 g/mol. The highest BCUT2D eigenvalue weighted by atomic mass is 32.2. The van der Waals surface area contributed by atoms with Crippen molar-refractivity contribution in [2.24, 2.45) is 0 Å². The van der Waals surface area contributed by atoms with Gasteiger partial charge in [-0.15, -0.1) is 21.5 Å². The fraction of sp³-hybridized carbons (Fsp3) is 0.143. The van der Waals surface area contributed by atoms with Crippen LogP contribution in [0, 0.1) is 5.82 Å². The lowest BCUT2D eigenvalue weighted by molar-refractivity contribution is -0.115. The first kappa shape index (κ1) is 22.2. The van der Waals surface area contributed by atoms with E-state index >= 15 is 0 Å². The Hall–Kier alpha value is -3.02. The van der Waals surface area contributed by atoms with E-state index < -0.39 is 5.82 Å². The van der Waals surface area contributed by atoms with Crippen molar-refractivity contribution in [2.75, 3.05) is 17.3 Å². The molecular formula is C21H18FN5O2S3. The Bertz CT molecular complexity index is 1230. The second-order valence-electron chi connectivity index (χ2n) is 6.41. The van der Waals surface area contributed by atoms with Crippen molar-refractivity contribution < 1.29 is 13.9 Å². The summed E-state index contributed by atoms with van der Waals surface area (Å²) >= 11 is 4.20. The van der Waals surface area contributed by atoms with Crippen molar-refractivity contribution in [1.82, 2.24) is 15.2 Å². The molecule has 0 aliphatic carbocycles. The summed E-state index contributed by atoms with van der Waals surface area (Å²) in [4.78, 5) is 18.0. The van der Waals surface area contributed by atoms with Crippen LogP contribution >= 0.6 is 34.4 Å². The number of carbonyl (C=O) groups is 1. The van der Waals surface area contributed by atoms with Gasteiger partial charge in [0.2, 0.25) is 11.0 Å². The second-order valence-corrected chi connectivity index (χ2v) is 9.45. The lowest BCUT2D eigenvalue weighted by Crippen LogP contribution is -2.23. The van der Waals surface area contributed by atoms with Gasteiger partial charge in [0.25, 0.3) is 0 Å². The van der Waals surface area contributed by atoms with Gasteiger partial charge in [-0.1, -0.05) is 47.4 Å². The molecule has 4 aromatic rings. The van der Waals surface area contributed by atoms with Gasteiger partial charge in [-0.2, -0.15) is 0 Å². The molecule has 2 aromatic heterocycles. The number of hydrogen-bond acceptors (Lipinski definition) is 9. The molecule has 0 atom stereocenters. The smallest absolute Gasteiger partial charge is 0.230 e. The summed E-state index contributed by atoms with van der Waals surface area (Å²) in [5.74, 6) is 0.484. The molecule has 0 unspecified atom stereocenters. The van der Waals surface area contributed by atoms with Crippen LogP contribution in [0.5, 0.6) is 5.75 Å². The number of anilines is 4. The fourth-order valence-corrected chi connectivity index (χ4v) is 5.47. The lowest BCUT2D eigenvalue weighted by atomic mass is 10.3. The van der Waals surface area contributed by atoms with Crippen molar-refractivity contribution in [3.05, 3.63) is 65.4 Å². The molecule has 0 saturated heterocycles. The molecule has 2 aromatic carbocycles. The van der Waals surface area contributed by atoms with Crippen molar-refractivity contribution in [2.45, 2.75) is 17.0 Å². The minimum atomic E-state index is -0.474. The number of nitrogens with one attached hydrogen (secondary N) is 1. The minimum Gasteiger partial charge on any atom is -0.495 e. The number of methoxy groups -OCH3 is 1. The van der Waals surface area contributed by atoms with E-state index in [0.717, 1.165) is 21.5 Å². The number of para-hydroxylation sites is 3. The number of aromatic nitrogens is 3. The number of hydrogen-bond donors (Lipinski definition) is 1. The molecule has 0 spiro atoms. The zero-order chi connectivity index (χ0) is 22.5. The van der Waals surface area contributed by atoms with Crippen LogP contribution in [-0.4, -0.2) is 28.2 Å². The Labute approximate surface area is 196 Å². The first-order valence-electron chi connectivity index (χ1n) is 9.41. The van der Waals surface area contributed by atoms with Crippen LogP contribution in [0.3, 0.4) is 0 Å². The Morgan fingerprint density at radius 1 is 1.19 bits per heavy atom. The first-order chi connectivity index (χ1) is 15.5. The number of thiazole rings is 1. The topological polar surface area (TPSA) is 80.2 Å². The van der Waals surface area contributed by atoms with E-state index in [0.29, 0.717) is 16.0 Å². The predicted molar refractivity (Wildman–Crippen MR) is 127 cm³/mol. The second kappa shape index (κ2) is 10.1. The van der Waals surface area contributed by atoms with Gasteiger partial charge in [0.15, 0.2) is 9.47 Å². The molecule has 1 N–H and O–H groups in total. The summed E-state index contributed by atoms with van der Waals surface area (Å²) in [6, 6.07) is 13.7. The number of thioether (sulfide) groups is 1. The van der Waals surface area contributed by atoms with Crippen LogP contribution in [0.2, 0.25) is 0 Å². The quantitative estimate of drug-likeness (QED) is 0.312. The summed E-state index contributed by atoms with van der Waals surface area (Å²) in [6.45, 7) is 1.39. The van der Waals surface area contributed by atoms with Gasteiger partial charge in [0.05, 0.1) is 24.2 Å². The highest BCUT2D eigenvalue weighted by molar-refractivity contribution is 8.00. The number of rotatable bonds is 8. The molecule has 0 bridgehead atoms. The molecule has 164 valence electrons. The van der Waals surface area contributed by atoms with Crippen molar-refractivity contribution in [1.29, 1.82) is 0 Å². The molecule has 4 rings (SSSR count). The molecule has 0 saturated carbocycles. The van der Waals surface area contributed by atoms with Crippen LogP contribution in [-0.2, 0) is 10.5 Å². The van der Waals surface area contributed by atoms with Gasteiger partial charge in [0, 0.05) is 18.1 Å². The van der Waals surface area contributed by atoms with Crippen LogP contribution < -0.4 is 15.0 Å². The van der Waals surface area contributed by atoms with Crippen LogP contribution in [0.15, 0.2) is 58.3 Å². The fourth-order valence-electron chi connectivity index (χ4n) is 2.82. The van der Waals surface area contributed by atoms with Crippen molar-refractivity contribution in [3.63, 3.8) is 0 Å². The molecule has 32 heavy (non-hydrogen) atoms. The highest BCUT2D eigenvalue weighted by Crippen LogP contribution is 2.35. The van der Waals surface area contributed by atoms with Crippen LogP contribution in [0.25, 0.3) is 0 Å². The standard InChI is InChI=1S/C21H18FN5O2S3/c1-13(28)27(17-9-5-3-7-15(17)22)20-23-14(11-30-20)12-31-21-26-25-19(32-21)24-16-8-4-6-10-18(16)29-2/h3-11H,12H2,1-2H3,(H,24,25). The van der Waals surface area contributed by atoms with E-state index in [2.05, 4.69) is 20.5 Å². The van der Waals surface area contributed by atoms with E-state index in [4.69, 9.17) is 4.74 Å². The van der Waals surface area contributed by atoms with E-state index in [1.54, 1.807) is 25.3 Å². The molecule has 0 fully saturated rings. The van der Waals surface area contributed by atoms with Gasteiger partial charge in [0.1, 0.15) is 11.6 Å². The number of carbonyl (C=O) groups excluding carboxylic acids is 1. The van der Waals surface area contributed by atoms with E-state index in [1.807, 2.05) is 29.6 Å². The van der Waals surface area contributed by atoms with Crippen molar-refractivity contribution >= 4 is 62.0 Å². The molecule has 7 nitrogen and oxygen atoms in total. The maximum Gasteiger partial charge on any atom is 0.230 e. The Morgan fingerprint density at radius 3 is 2.75 bits per heavy atom. The summed E-state index contributed by atoms with van der Waals surface area (Å²) in [5, 5.41) is 14.5. The van der Waals surface area contributed by atoms with Gasteiger partial charge in [-0.3, -0.25) is 9.69 Å². The van der Waals surface area contributed by atoms with Crippen LogP contribution in [0.4, 0.5) is 26.0 Å². The summed E-state index contributed by atoms with van der Waals surface area (Å²) < 4.78 is 20.3. The average Bonchev–Trinajstić information content (AvgIpc) is 3.43. The van der Waals surface area contributed by atoms with E-state index in [1.165, 1.54) is 52.3 Å². The maximum absolute atomic E-state index is 14.2. The Morgan fingerprint density at radius 2 is 1.97 bits per heavy atom. The van der Waals surface area contributed by atoms with E-state index in [-0.39, 0.29) is 11.6 Å². The number of amides is 1. The molecule has 0 aliphatic rings. The third-order valence-electron chi connectivity index (χ3n) is 4.24. The SMILES string of the molecule is COc1ccccc1Nc1nnc(SCc2csc(N(C(C)=O)c3ccccc3F)n2)s1. The molecule has 0 aliphatic heterocycles. The monoisotopic (exact) mass is 487 g/mol. The molecule has 11 heteroatoms. The number of halogens is 1. The molecule has 2 heterocycles. The van der Waals surface area contributed by atoms with Gasteiger partial charge < -0.3 is 10.1 Å². The lowest BCUT2D eigenvalue weighted by Gasteiger charge is -2.18. The number of benzene rings is 2. The third-order valence-corrected chi connectivity index (χ3v) is 7.12. The summed E-state index contributed by atoms with van der Waals surface area (Å²) in [7, 11) is 1.61. The van der Waals surface area contributed by atoms with Crippen LogP contribution in [0.1, 0.15) is 12.6 Å². The number of nitrogens with zero attached hydrogens (tertiary/aromatic N) is 4. The maximum atomic E-state index is 14.2. The zero-order valence-corrected chi connectivity index (χ0v) is 19.6. The third kappa shape index (κ3) is 5.06. The molecular weight excluding hydrogens is 469 g/mol. The predicted octanol–water partition coefficient (Wildman–Crippen LogP) is 5.86. The zero-order valence-electron chi connectivity index (χ0n) is 17.1. The Kier molecular flexibility index (Phi) is 6.98. The van der Waals surface area contributed by atoms with E-state index in [9.17, 15) is 9.18 Å². The molecule has 0 radical (unpaired) electrons. The Balaban J connectivity index is 1.42. The van der Waals surface area contributed by atoms with Crippen molar-refractivity contribution in [3.8, 4) is 5.75 Å². The van der Waals surface area contributed by atoms with Gasteiger partial charge >= 0.3 is 0 Å². The number of ether oxygens (including phenoxy) is 1. The largest absolute Gasteiger partial charge is 0.495 e. The minimum absolute atomic E-state index is 0.185. The molecule has 1 amide bonds. The van der Waals surface area contributed by atoms with Gasteiger partial charge in [-0.25, -0.2) is 9.37 Å². The summed E-state index contributed by atoms with van der Waals surface area (Å²) in [6.07, 6.45) is 0. The normalized spacial score (nSPS) is 10.7. The first-order valence-corrected chi connectivity index (χ1v) is 12.1. The highest BCUT2D eigenvalue weighted by Gasteiger charge is 2.21.